The molecule has 52 heavy (non-hydrogen) atoms. The van der Waals surface area contributed by atoms with Crippen molar-refractivity contribution < 1.29 is 24.0 Å². The molecule has 11 nitrogen and oxygen atoms in total. The minimum atomic E-state index is -0.775. The third kappa shape index (κ3) is 8.40. The number of likely N-dealkylation sites (tertiary alicyclic amines) is 2. The lowest BCUT2D eigenvalue weighted by atomic mass is 9.91. The summed E-state index contributed by atoms with van der Waals surface area (Å²) in [6.45, 7) is 13.2. The zero-order valence-corrected chi connectivity index (χ0v) is 32.0. The fourth-order valence-corrected chi connectivity index (χ4v) is 9.22. The van der Waals surface area contributed by atoms with E-state index >= 15 is 0 Å². The molecule has 7 rings (SSSR count). The van der Waals surface area contributed by atoms with Crippen LogP contribution in [0.1, 0.15) is 101 Å². The first kappa shape index (κ1) is 37.0. The summed E-state index contributed by atoms with van der Waals surface area (Å²) in [6, 6.07) is 8.99. The number of rotatable bonds is 12. The van der Waals surface area contributed by atoms with Gasteiger partial charge in [-0.3, -0.25) is 9.59 Å². The highest BCUT2D eigenvalue weighted by atomic mass is 32.1. The van der Waals surface area contributed by atoms with Crippen LogP contribution in [0.25, 0.3) is 10.4 Å². The van der Waals surface area contributed by atoms with Crippen molar-refractivity contribution >= 4 is 29.0 Å². The van der Waals surface area contributed by atoms with Gasteiger partial charge in [-0.25, -0.2) is 4.98 Å². The van der Waals surface area contributed by atoms with Gasteiger partial charge in [-0.05, 0) is 81.8 Å². The van der Waals surface area contributed by atoms with Gasteiger partial charge in [0.2, 0.25) is 11.8 Å². The summed E-state index contributed by atoms with van der Waals surface area (Å²) < 4.78 is 12.1. The van der Waals surface area contributed by atoms with Crippen molar-refractivity contribution in [1.29, 1.82) is 0 Å². The standard InChI is InChI=1S/C40H56N6O5S/c1-25(2)37(35-21-36(43-51-35)45-18-12-28(13-19-45)22-44-16-14-33(15-17-44)50-32-6-5-7-32)40(49)46-23-31(47)20-34(46)39(48)42-26(3)29-8-10-30(11-9-29)38-27(4)41-24-52-38/h8-11,21,24-26,28,31-34,37,47H,5-7,12-20,22-23H2,1-4H3,(H,42,48)/t26-,31+,34-,37+/m0/s1. The Morgan fingerprint density at radius 2 is 1.73 bits per heavy atom. The molecule has 1 aromatic carbocycles. The maximum atomic E-state index is 14.2. The maximum Gasteiger partial charge on any atom is 0.243 e. The molecule has 5 heterocycles. The fraction of sp³-hybridized carbons (Fsp3) is 0.650. The quantitative estimate of drug-likeness (QED) is 0.233. The molecule has 4 fully saturated rings. The van der Waals surface area contributed by atoms with Crippen LogP contribution < -0.4 is 10.2 Å². The van der Waals surface area contributed by atoms with Crippen LogP contribution in [-0.2, 0) is 14.3 Å². The van der Waals surface area contributed by atoms with E-state index in [9.17, 15) is 14.7 Å². The molecule has 0 radical (unpaired) electrons. The zero-order chi connectivity index (χ0) is 36.4. The highest BCUT2D eigenvalue weighted by molar-refractivity contribution is 7.13. The summed E-state index contributed by atoms with van der Waals surface area (Å²) in [7, 11) is 0. The van der Waals surface area contributed by atoms with E-state index in [2.05, 4.69) is 25.3 Å². The van der Waals surface area contributed by atoms with Crippen LogP contribution in [0.15, 0.2) is 40.4 Å². The van der Waals surface area contributed by atoms with Gasteiger partial charge in [0.15, 0.2) is 11.6 Å². The normalized spacial score (nSPS) is 23.6. The average Bonchev–Trinajstić information content (AvgIpc) is 3.88. The summed E-state index contributed by atoms with van der Waals surface area (Å²) in [4.78, 5) is 39.8. The van der Waals surface area contributed by atoms with E-state index in [1.807, 2.05) is 63.5 Å². The van der Waals surface area contributed by atoms with Crippen molar-refractivity contribution in [3.63, 3.8) is 0 Å². The van der Waals surface area contributed by atoms with Crippen molar-refractivity contribution in [2.75, 3.05) is 44.2 Å². The highest BCUT2D eigenvalue weighted by Crippen LogP contribution is 2.35. The van der Waals surface area contributed by atoms with E-state index in [-0.39, 0.29) is 36.7 Å². The Hall–Kier alpha value is -3.32. The minimum Gasteiger partial charge on any atom is -0.391 e. The Balaban J connectivity index is 0.925. The van der Waals surface area contributed by atoms with E-state index in [0.29, 0.717) is 23.9 Å². The summed E-state index contributed by atoms with van der Waals surface area (Å²) in [5.74, 6) is 0.744. The van der Waals surface area contributed by atoms with Crippen molar-refractivity contribution in [2.24, 2.45) is 11.8 Å². The number of nitrogens with zero attached hydrogens (tertiary/aromatic N) is 5. The molecule has 0 bridgehead atoms. The van der Waals surface area contributed by atoms with Crippen molar-refractivity contribution in [3.05, 3.63) is 52.9 Å². The molecule has 1 saturated carbocycles. The lowest BCUT2D eigenvalue weighted by Gasteiger charge is -2.39. The Morgan fingerprint density at radius 3 is 2.37 bits per heavy atom. The van der Waals surface area contributed by atoms with Crippen LogP contribution in [0, 0.1) is 18.8 Å². The van der Waals surface area contributed by atoms with Gasteiger partial charge in [0.25, 0.3) is 0 Å². The van der Waals surface area contributed by atoms with Gasteiger partial charge >= 0.3 is 0 Å². The van der Waals surface area contributed by atoms with E-state index in [1.165, 1.54) is 19.3 Å². The van der Waals surface area contributed by atoms with Gasteiger partial charge in [0.1, 0.15) is 12.0 Å². The van der Waals surface area contributed by atoms with Gasteiger partial charge in [-0.15, -0.1) is 11.3 Å². The first-order chi connectivity index (χ1) is 25.1. The number of carbonyl (C=O) groups excluding carboxylic acids is 2. The number of aliphatic hydroxyl groups excluding tert-OH is 1. The van der Waals surface area contributed by atoms with Crippen LogP contribution in [0.4, 0.5) is 5.82 Å². The second kappa shape index (κ2) is 16.4. The van der Waals surface area contributed by atoms with Crippen LogP contribution in [-0.4, -0.2) is 100 Å². The number of hydrogen-bond donors (Lipinski definition) is 2. The molecule has 2 aromatic heterocycles. The lowest BCUT2D eigenvalue weighted by Crippen LogP contribution is -2.48. The van der Waals surface area contributed by atoms with Gasteiger partial charge < -0.3 is 34.4 Å². The van der Waals surface area contributed by atoms with E-state index in [0.717, 1.165) is 85.9 Å². The van der Waals surface area contributed by atoms with Crippen LogP contribution >= 0.6 is 11.3 Å². The number of anilines is 1. The molecular formula is C40H56N6O5S. The van der Waals surface area contributed by atoms with Crippen LogP contribution in [0.2, 0.25) is 0 Å². The largest absolute Gasteiger partial charge is 0.391 e. The first-order valence-corrected chi connectivity index (χ1v) is 20.4. The van der Waals surface area contributed by atoms with Crippen molar-refractivity contribution in [3.8, 4) is 10.4 Å². The molecule has 12 heteroatoms. The van der Waals surface area contributed by atoms with E-state index in [4.69, 9.17) is 9.26 Å². The number of carbonyl (C=O) groups is 2. The second-order valence-electron chi connectivity index (χ2n) is 15.9. The predicted molar refractivity (Wildman–Crippen MR) is 202 cm³/mol. The number of amides is 2. The molecule has 282 valence electrons. The van der Waals surface area contributed by atoms with Crippen LogP contribution in [0.3, 0.4) is 0 Å². The zero-order valence-electron chi connectivity index (χ0n) is 31.2. The van der Waals surface area contributed by atoms with Gasteiger partial charge in [0.05, 0.1) is 40.4 Å². The molecule has 4 atom stereocenters. The number of β-amino-alcohol motifs (C(OH)–C–C–N with tert-alkyl or cyclic N) is 1. The lowest BCUT2D eigenvalue weighted by molar-refractivity contribution is -0.141. The summed E-state index contributed by atoms with van der Waals surface area (Å²) >= 11 is 1.61. The Bertz CT molecular complexity index is 1640. The van der Waals surface area contributed by atoms with Crippen molar-refractivity contribution in [2.45, 2.75) is 115 Å². The topological polar surface area (TPSA) is 124 Å². The third-order valence-electron chi connectivity index (χ3n) is 11.8. The molecule has 2 amide bonds. The molecule has 3 saturated heterocycles. The number of aromatic nitrogens is 2. The smallest absolute Gasteiger partial charge is 0.243 e. The van der Waals surface area contributed by atoms with Gasteiger partial charge in [0, 0.05) is 51.8 Å². The Labute approximate surface area is 312 Å². The second-order valence-corrected chi connectivity index (χ2v) is 16.8. The number of aryl methyl sites for hydroxylation is 1. The molecule has 1 aliphatic carbocycles. The molecule has 2 N–H and O–H groups in total. The SMILES string of the molecule is Cc1ncsc1-c1ccc([C@H](C)NC(=O)[C@@H]2C[C@@H](O)CN2C(=O)[C@@H](c2cc(N3CCC(CN4CCC(OC5CCC5)CC4)CC3)no2)C(C)C)cc1. The molecule has 4 aliphatic rings. The molecular weight excluding hydrogens is 677 g/mol. The van der Waals surface area contributed by atoms with Crippen molar-refractivity contribution in [1.82, 2.24) is 25.3 Å². The monoisotopic (exact) mass is 732 g/mol. The summed E-state index contributed by atoms with van der Waals surface area (Å²) in [6.07, 6.45) is 8.70. The number of piperidine rings is 2. The minimum absolute atomic E-state index is 0.0941. The molecule has 0 spiro atoms. The summed E-state index contributed by atoms with van der Waals surface area (Å²) in [5, 5.41) is 18.2. The Morgan fingerprint density at radius 1 is 1.02 bits per heavy atom. The van der Waals surface area contributed by atoms with E-state index in [1.54, 1.807) is 16.2 Å². The first-order valence-electron chi connectivity index (χ1n) is 19.5. The average molecular weight is 733 g/mol. The predicted octanol–water partition coefficient (Wildman–Crippen LogP) is 5.94. The number of aliphatic hydroxyl groups is 1. The molecule has 0 unspecified atom stereocenters. The van der Waals surface area contributed by atoms with Crippen LogP contribution in [0.5, 0.6) is 0 Å². The summed E-state index contributed by atoms with van der Waals surface area (Å²) in [5.41, 5.74) is 4.89. The Kier molecular flexibility index (Phi) is 11.6. The number of thiazole rings is 1. The number of ether oxygens (including phenoxy) is 1. The highest BCUT2D eigenvalue weighted by Gasteiger charge is 2.43. The third-order valence-corrected chi connectivity index (χ3v) is 12.8. The number of nitrogens with one attached hydrogen (secondary N) is 1. The molecule has 3 aliphatic heterocycles. The van der Waals surface area contributed by atoms with Gasteiger partial charge in [-0.2, -0.15) is 0 Å². The van der Waals surface area contributed by atoms with Gasteiger partial charge in [-0.1, -0.05) is 43.3 Å². The maximum absolute atomic E-state index is 14.2. The fourth-order valence-electron chi connectivity index (χ4n) is 8.41. The number of hydrogen-bond acceptors (Lipinski definition) is 10. The molecule has 3 aromatic rings. The number of benzene rings is 1. The van der Waals surface area contributed by atoms with E-state index < -0.39 is 18.1 Å².